The fourth-order valence-electron chi connectivity index (χ4n) is 3.69. The van der Waals surface area contributed by atoms with E-state index in [1.807, 2.05) is 6.07 Å². The molecular formula is C22H26N4O2. The largest absolute Gasteiger partial charge is 0.462 e. The molecule has 146 valence electrons. The summed E-state index contributed by atoms with van der Waals surface area (Å²) in [6.07, 6.45) is 2.16. The van der Waals surface area contributed by atoms with Gasteiger partial charge in [0.2, 0.25) is 5.95 Å². The minimum Gasteiger partial charge on any atom is -0.462 e. The molecule has 0 aliphatic carbocycles. The second kappa shape index (κ2) is 8.44. The Balaban J connectivity index is 1.34. The Morgan fingerprint density at radius 1 is 1.21 bits per heavy atom. The lowest BCUT2D eigenvalue weighted by Crippen LogP contribution is -2.38. The van der Waals surface area contributed by atoms with Crippen LogP contribution in [0.3, 0.4) is 0 Å². The summed E-state index contributed by atoms with van der Waals surface area (Å²) in [6, 6.07) is 16.4. The van der Waals surface area contributed by atoms with Gasteiger partial charge in [-0.2, -0.15) is 0 Å². The zero-order valence-electron chi connectivity index (χ0n) is 16.1. The minimum atomic E-state index is -0.306. The van der Waals surface area contributed by atoms with Crippen LogP contribution in [0.5, 0.6) is 0 Å². The highest BCUT2D eigenvalue weighted by Crippen LogP contribution is 2.20. The van der Waals surface area contributed by atoms with Crippen LogP contribution >= 0.6 is 0 Å². The summed E-state index contributed by atoms with van der Waals surface area (Å²) < 4.78 is 5.06. The van der Waals surface area contributed by atoms with Crippen LogP contribution in [0.15, 0.2) is 48.5 Å². The van der Waals surface area contributed by atoms with Crippen LogP contribution in [0.2, 0.25) is 0 Å². The Kier molecular flexibility index (Phi) is 5.58. The molecule has 1 saturated heterocycles. The zero-order valence-corrected chi connectivity index (χ0v) is 16.1. The summed E-state index contributed by atoms with van der Waals surface area (Å²) in [7, 11) is 0. The number of H-pyrrole nitrogens is 1. The number of imidazole rings is 1. The molecule has 0 unspecified atom stereocenters. The van der Waals surface area contributed by atoms with Crippen LogP contribution in [0.25, 0.3) is 11.0 Å². The molecule has 4 rings (SSSR count). The first-order chi connectivity index (χ1) is 13.7. The zero-order chi connectivity index (χ0) is 19.3. The molecule has 28 heavy (non-hydrogen) atoms. The van der Waals surface area contributed by atoms with E-state index in [9.17, 15) is 4.79 Å². The predicted molar refractivity (Wildman–Crippen MR) is 110 cm³/mol. The quantitative estimate of drug-likeness (QED) is 0.638. The molecule has 1 aromatic heterocycles. The van der Waals surface area contributed by atoms with Crippen LogP contribution in [0.1, 0.15) is 35.7 Å². The van der Waals surface area contributed by atoms with Crippen molar-refractivity contribution in [2.24, 2.45) is 0 Å². The summed E-state index contributed by atoms with van der Waals surface area (Å²) >= 11 is 0. The van der Waals surface area contributed by atoms with Gasteiger partial charge in [0.25, 0.3) is 0 Å². The second-order valence-electron chi connectivity index (χ2n) is 7.22. The monoisotopic (exact) mass is 378 g/mol. The van der Waals surface area contributed by atoms with Crippen molar-refractivity contribution >= 4 is 23.0 Å². The maximum Gasteiger partial charge on any atom is 0.338 e. The Morgan fingerprint density at radius 2 is 2.00 bits per heavy atom. The number of benzene rings is 2. The molecule has 0 amide bonds. The van der Waals surface area contributed by atoms with Gasteiger partial charge in [-0.05, 0) is 43.5 Å². The van der Waals surface area contributed by atoms with Crippen molar-refractivity contribution in [3.8, 4) is 0 Å². The van der Waals surface area contributed by atoms with E-state index in [1.165, 1.54) is 5.56 Å². The maximum absolute atomic E-state index is 11.9. The van der Waals surface area contributed by atoms with Crippen molar-refractivity contribution in [2.45, 2.75) is 32.4 Å². The number of fused-ring (bicyclic) bond motifs is 1. The molecule has 0 atom stereocenters. The van der Waals surface area contributed by atoms with Crippen molar-refractivity contribution in [2.75, 3.05) is 25.0 Å². The highest BCUT2D eigenvalue weighted by atomic mass is 16.5. The fraction of sp³-hybridized carbons (Fsp3) is 0.364. The number of aromatic amines is 1. The topological polar surface area (TPSA) is 70.2 Å². The van der Waals surface area contributed by atoms with Crippen molar-refractivity contribution in [3.05, 3.63) is 59.7 Å². The highest BCUT2D eigenvalue weighted by molar-refractivity contribution is 5.94. The van der Waals surface area contributed by atoms with Crippen molar-refractivity contribution < 1.29 is 9.53 Å². The van der Waals surface area contributed by atoms with E-state index < -0.39 is 0 Å². The van der Waals surface area contributed by atoms with Crippen LogP contribution in [-0.4, -0.2) is 46.6 Å². The SMILES string of the molecule is CCOC(=O)c1ccc2nc(NC3CCN(Cc4ccccc4)CC3)[nH]c2c1. The normalized spacial score (nSPS) is 15.6. The first-order valence-corrected chi connectivity index (χ1v) is 9.91. The van der Waals surface area contributed by atoms with E-state index in [0.29, 0.717) is 18.2 Å². The molecule has 1 fully saturated rings. The summed E-state index contributed by atoms with van der Waals surface area (Å²) in [5.41, 5.74) is 3.59. The lowest BCUT2D eigenvalue weighted by Gasteiger charge is -2.32. The smallest absolute Gasteiger partial charge is 0.338 e. The van der Waals surface area contributed by atoms with Crippen LogP contribution in [0.4, 0.5) is 5.95 Å². The number of carbonyl (C=O) groups excluding carboxylic acids is 1. The van der Waals surface area contributed by atoms with E-state index in [2.05, 4.69) is 50.5 Å². The van der Waals surface area contributed by atoms with Gasteiger partial charge in [0, 0.05) is 25.7 Å². The number of hydrogen-bond acceptors (Lipinski definition) is 5. The van der Waals surface area contributed by atoms with Gasteiger partial charge in [-0.3, -0.25) is 4.90 Å². The number of nitrogens with one attached hydrogen (secondary N) is 2. The molecule has 2 aromatic carbocycles. The molecule has 6 heteroatoms. The summed E-state index contributed by atoms with van der Waals surface area (Å²) in [4.78, 5) is 22.3. The number of nitrogens with zero attached hydrogens (tertiary/aromatic N) is 2. The first kappa shape index (κ1) is 18.5. The van der Waals surface area contributed by atoms with Gasteiger partial charge in [-0.1, -0.05) is 30.3 Å². The van der Waals surface area contributed by atoms with Gasteiger partial charge >= 0.3 is 5.97 Å². The van der Waals surface area contributed by atoms with E-state index in [4.69, 9.17) is 4.74 Å². The molecule has 0 spiro atoms. The molecule has 1 aliphatic rings. The van der Waals surface area contributed by atoms with Gasteiger partial charge in [0.05, 0.1) is 23.2 Å². The van der Waals surface area contributed by atoms with Crippen molar-refractivity contribution in [3.63, 3.8) is 0 Å². The van der Waals surface area contributed by atoms with E-state index in [1.54, 1.807) is 19.1 Å². The number of rotatable bonds is 6. The molecular weight excluding hydrogens is 352 g/mol. The Bertz CT molecular complexity index is 930. The van der Waals surface area contributed by atoms with Gasteiger partial charge in [-0.25, -0.2) is 9.78 Å². The summed E-state index contributed by atoms with van der Waals surface area (Å²) in [6.45, 7) is 5.32. The summed E-state index contributed by atoms with van der Waals surface area (Å²) in [5.74, 6) is 0.455. The van der Waals surface area contributed by atoms with Gasteiger partial charge < -0.3 is 15.0 Å². The molecule has 0 radical (unpaired) electrons. The Hall–Kier alpha value is -2.86. The lowest BCUT2D eigenvalue weighted by atomic mass is 10.0. The van der Waals surface area contributed by atoms with Gasteiger partial charge in [0.15, 0.2) is 0 Å². The van der Waals surface area contributed by atoms with Crippen LogP contribution in [0, 0.1) is 0 Å². The van der Waals surface area contributed by atoms with E-state index in [0.717, 1.165) is 49.5 Å². The molecule has 2 N–H and O–H groups in total. The number of ether oxygens (including phenoxy) is 1. The summed E-state index contributed by atoms with van der Waals surface area (Å²) in [5, 5.41) is 3.52. The number of carbonyl (C=O) groups is 1. The lowest BCUT2D eigenvalue weighted by molar-refractivity contribution is 0.0526. The number of hydrogen-bond donors (Lipinski definition) is 2. The molecule has 3 aromatic rings. The Morgan fingerprint density at radius 3 is 2.75 bits per heavy atom. The number of aromatic nitrogens is 2. The standard InChI is InChI=1S/C22H26N4O2/c1-2-28-21(27)17-8-9-19-20(14-17)25-22(24-19)23-18-10-12-26(13-11-18)15-16-6-4-3-5-7-16/h3-9,14,18H,2,10-13,15H2,1H3,(H2,23,24,25). The van der Waals surface area contributed by atoms with Crippen LogP contribution < -0.4 is 5.32 Å². The molecule has 6 nitrogen and oxygen atoms in total. The molecule has 1 aliphatic heterocycles. The van der Waals surface area contributed by atoms with Crippen LogP contribution in [-0.2, 0) is 11.3 Å². The third kappa shape index (κ3) is 4.34. The fourth-order valence-corrected chi connectivity index (χ4v) is 3.69. The molecule has 0 bridgehead atoms. The van der Waals surface area contributed by atoms with Gasteiger partial charge in [0.1, 0.15) is 0 Å². The van der Waals surface area contributed by atoms with Crippen molar-refractivity contribution in [1.29, 1.82) is 0 Å². The highest BCUT2D eigenvalue weighted by Gasteiger charge is 2.20. The van der Waals surface area contributed by atoms with E-state index >= 15 is 0 Å². The number of anilines is 1. The average Bonchev–Trinajstić information content (AvgIpc) is 3.12. The predicted octanol–water partition coefficient (Wildman–Crippen LogP) is 3.82. The number of likely N-dealkylation sites (tertiary alicyclic amines) is 1. The average molecular weight is 378 g/mol. The minimum absolute atomic E-state index is 0.306. The first-order valence-electron chi connectivity index (χ1n) is 9.91. The van der Waals surface area contributed by atoms with E-state index in [-0.39, 0.29) is 5.97 Å². The third-order valence-electron chi connectivity index (χ3n) is 5.17. The maximum atomic E-state index is 11.9. The Labute approximate surface area is 164 Å². The number of piperidine rings is 1. The molecule has 0 saturated carbocycles. The molecule has 2 heterocycles. The third-order valence-corrected chi connectivity index (χ3v) is 5.17. The van der Waals surface area contributed by atoms with Gasteiger partial charge in [-0.15, -0.1) is 0 Å². The number of esters is 1. The van der Waals surface area contributed by atoms with Crippen molar-refractivity contribution in [1.82, 2.24) is 14.9 Å². The second-order valence-corrected chi connectivity index (χ2v) is 7.22.